The highest BCUT2D eigenvalue weighted by molar-refractivity contribution is 5.32. The van der Waals surface area contributed by atoms with E-state index in [1.807, 2.05) is 31.2 Å². The molecule has 0 amide bonds. The van der Waals surface area contributed by atoms with Crippen LogP contribution in [0.1, 0.15) is 19.8 Å². The molecular weight excluding hydrogens is 264 g/mol. The van der Waals surface area contributed by atoms with Crippen molar-refractivity contribution in [2.75, 3.05) is 32.8 Å². The molecule has 0 radical (unpaired) electrons. The summed E-state index contributed by atoms with van der Waals surface area (Å²) in [6.45, 7) is 6.66. The fraction of sp³-hybridized carbons (Fsp3) is 0.647. The first-order valence-electron chi connectivity index (χ1n) is 8.10. The molecule has 1 unspecified atom stereocenters. The Morgan fingerprint density at radius 2 is 1.81 bits per heavy atom. The molecule has 1 aromatic rings. The number of benzene rings is 1. The Labute approximate surface area is 127 Å². The summed E-state index contributed by atoms with van der Waals surface area (Å²) in [6, 6.07) is 8.31. The fourth-order valence-corrected chi connectivity index (χ4v) is 3.66. The van der Waals surface area contributed by atoms with Crippen LogP contribution in [0.3, 0.4) is 0 Å². The predicted octanol–water partition coefficient (Wildman–Crippen LogP) is 2.13. The standard InChI is InChI=1S/C17H26N2O2/c1-2-20-15-4-3-5-16(10-15)21-9-8-19-11-13-6-7-14(12-19)17(13)18/h3-5,10,13-14,17H,2,6-9,11-12,18H2,1H3/t13-,14+,17?. The van der Waals surface area contributed by atoms with Crippen molar-refractivity contribution >= 4 is 0 Å². The number of likely N-dealkylation sites (tertiary alicyclic amines) is 1. The highest BCUT2D eigenvalue weighted by Gasteiger charge is 2.39. The maximum absolute atomic E-state index is 6.24. The van der Waals surface area contributed by atoms with Crippen LogP contribution in [-0.4, -0.2) is 43.8 Å². The fourth-order valence-electron chi connectivity index (χ4n) is 3.66. The lowest BCUT2D eigenvalue weighted by atomic mass is 9.93. The molecule has 1 aliphatic carbocycles. The van der Waals surface area contributed by atoms with Crippen molar-refractivity contribution in [3.63, 3.8) is 0 Å². The molecule has 1 saturated heterocycles. The first-order valence-corrected chi connectivity index (χ1v) is 8.10. The van der Waals surface area contributed by atoms with E-state index in [1.54, 1.807) is 0 Å². The number of rotatable bonds is 6. The van der Waals surface area contributed by atoms with Crippen LogP contribution in [0.4, 0.5) is 0 Å². The molecule has 2 aliphatic rings. The van der Waals surface area contributed by atoms with Crippen LogP contribution >= 0.6 is 0 Å². The molecule has 1 heterocycles. The molecule has 1 aromatic carbocycles. The summed E-state index contributed by atoms with van der Waals surface area (Å²) in [4.78, 5) is 2.51. The summed E-state index contributed by atoms with van der Waals surface area (Å²) >= 11 is 0. The van der Waals surface area contributed by atoms with Gasteiger partial charge in [0.1, 0.15) is 18.1 Å². The van der Waals surface area contributed by atoms with E-state index >= 15 is 0 Å². The molecule has 0 aromatic heterocycles. The normalized spacial score (nSPS) is 28.6. The van der Waals surface area contributed by atoms with E-state index in [0.717, 1.165) is 37.7 Å². The number of hydrogen-bond donors (Lipinski definition) is 1. The number of fused-ring (bicyclic) bond motifs is 2. The zero-order chi connectivity index (χ0) is 14.7. The number of nitrogens with zero attached hydrogens (tertiary/aromatic N) is 1. The first kappa shape index (κ1) is 14.7. The van der Waals surface area contributed by atoms with E-state index in [4.69, 9.17) is 15.2 Å². The minimum absolute atomic E-state index is 0.435. The van der Waals surface area contributed by atoms with Gasteiger partial charge in [-0.2, -0.15) is 0 Å². The summed E-state index contributed by atoms with van der Waals surface area (Å²) in [5.41, 5.74) is 6.24. The van der Waals surface area contributed by atoms with Crippen molar-refractivity contribution in [1.82, 2.24) is 4.90 Å². The van der Waals surface area contributed by atoms with Gasteiger partial charge < -0.3 is 15.2 Å². The molecule has 2 N–H and O–H groups in total. The molecular formula is C17H26N2O2. The maximum atomic E-state index is 6.24. The van der Waals surface area contributed by atoms with Gasteiger partial charge in [0.2, 0.25) is 0 Å². The molecule has 0 spiro atoms. The van der Waals surface area contributed by atoms with Crippen molar-refractivity contribution in [3.05, 3.63) is 24.3 Å². The summed E-state index contributed by atoms with van der Waals surface area (Å²) in [6.07, 6.45) is 2.61. The van der Waals surface area contributed by atoms with Crippen LogP contribution in [0.5, 0.6) is 11.5 Å². The third-order valence-corrected chi connectivity index (χ3v) is 4.78. The van der Waals surface area contributed by atoms with E-state index in [-0.39, 0.29) is 0 Å². The van der Waals surface area contributed by atoms with Gasteiger partial charge in [0.05, 0.1) is 6.61 Å². The van der Waals surface area contributed by atoms with Gasteiger partial charge in [-0.25, -0.2) is 0 Å². The Morgan fingerprint density at radius 3 is 2.48 bits per heavy atom. The van der Waals surface area contributed by atoms with Crippen LogP contribution < -0.4 is 15.2 Å². The van der Waals surface area contributed by atoms with E-state index in [9.17, 15) is 0 Å². The second kappa shape index (κ2) is 6.67. The van der Waals surface area contributed by atoms with Crippen LogP contribution in [-0.2, 0) is 0 Å². The Balaban J connectivity index is 1.45. The Bertz CT molecular complexity index is 452. The molecule has 1 aliphatic heterocycles. The zero-order valence-corrected chi connectivity index (χ0v) is 12.8. The monoisotopic (exact) mass is 290 g/mol. The average Bonchev–Trinajstić information content (AvgIpc) is 2.71. The molecule has 21 heavy (non-hydrogen) atoms. The van der Waals surface area contributed by atoms with E-state index < -0.39 is 0 Å². The van der Waals surface area contributed by atoms with Gasteiger partial charge in [0.15, 0.2) is 0 Å². The van der Waals surface area contributed by atoms with E-state index in [1.165, 1.54) is 12.8 Å². The third kappa shape index (κ3) is 3.50. The lowest BCUT2D eigenvalue weighted by Gasteiger charge is -2.36. The van der Waals surface area contributed by atoms with Gasteiger partial charge in [-0.15, -0.1) is 0 Å². The number of piperidine rings is 1. The zero-order valence-electron chi connectivity index (χ0n) is 12.8. The summed E-state index contributed by atoms with van der Waals surface area (Å²) < 4.78 is 11.3. The highest BCUT2D eigenvalue weighted by atomic mass is 16.5. The second-order valence-electron chi connectivity index (χ2n) is 6.19. The van der Waals surface area contributed by atoms with Gasteiger partial charge in [-0.3, -0.25) is 4.90 Å². The molecule has 1 saturated carbocycles. The van der Waals surface area contributed by atoms with Crippen LogP contribution in [0, 0.1) is 11.8 Å². The molecule has 116 valence electrons. The van der Waals surface area contributed by atoms with Crippen molar-refractivity contribution in [2.45, 2.75) is 25.8 Å². The molecule has 2 bridgehead atoms. The van der Waals surface area contributed by atoms with Gasteiger partial charge >= 0.3 is 0 Å². The lowest BCUT2D eigenvalue weighted by molar-refractivity contribution is 0.126. The molecule has 3 atom stereocenters. The summed E-state index contributed by atoms with van der Waals surface area (Å²) in [7, 11) is 0. The largest absolute Gasteiger partial charge is 0.494 e. The second-order valence-corrected chi connectivity index (χ2v) is 6.19. The Morgan fingerprint density at radius 1 is 1.14 bits per heavy atom. The molecule has 4 heteroatoms. The van der Waals surface area contributed by atoms with Gasteiger partial charge in [0, 0.05) is 31.7 Å². The average molecular weight is 290 g/mol. The topological polar surface area (TPSA) is 47.7 Å². The van der Waals surface area contributed by atoms with Gasteiger partial charge in [0.25, 0.3) is 0 Å². The summed E-state index contributed by atoms with van der Waals surface area (Å²) in [5.74, 6) is 3.16. The number of nitrogens with two attached hydrogens (primary N) is 1. The molecule has 4 nitrogen and oxygen atoms in total. The maximum Gasteiger partial charge on any atom is 0.123 e. The van der Waals surface area contributed by atoms with Crippen molar-refractivity contribution in [3.8, 4) is 11.5 Å². The smallest absolute Gasteiger partial charge is 0.123 e. The molecule has 3 rings (SSSR count). The lowest BCUT2D eigenvalue weighted by Crippen LogP contribution is -2.49. The van der Waals surface area contributed by atoms with Gasteiger partial charge in [-0.05, 0) is 43.7 Å². The van der Waals surface area contributed by atoms with Gasteiger partial charge in [-0.1, -0.05) is 6.07 Å². The SMILES string of the molecule is CCOc1cccc(OCCN2C[C@H]3CC[C@@H](C2)C3N)c1. The van der Waals surface area contributed by atoms with E-state index in [0.29, 0.717) is 24.5 Å². The Hall–Kier alpha value is -1.26. The first-order chi connectivity index (χ1) is 10.3. The molecule has 2 fully saturated rings. The van der Waals surface area contributed by atoms with Crippen molar-refractivity contribution < 1.29 is 9.47 Å². The minimum Gasteiger partial charge on any atom is -0.494 e. The minimum atomic E-state index is 0.435. The number of ether oxygens (including phenoxy) is 2. The van der Waals surface area contributed by atoms with Crippen LogP contribution in [0.15, 0.2) is 24.3 Å². The predicted molar refractivity (Wildman–Crippen MR) is 83.7 cm³/mol. The van der Waals surface area contributed by atoms with Crippen molar-refractivity contribution in [2.24, 2.45) is 17.6 Å². The third-order valence-electron chi connectivity index (χ3n) is 4.78. The number of hydrogen-bond acceptors (Lipinski definition) is 4. The Kier molecular flexibility index (Phi) is 4.66. The highest BCUT2D eigenvalue weighted by Crippen LogP contribution is 2.35. The van der Waals surface area contributed by atoms with Crippen molar-refractivity contribution in [1.29, 1.82) is 0 Å². The van der Waals surface area contributed by atoms with Crippen LogP contribution in [0.2, 0.25) is 0 Å². The van der Waals surface area contributed by atoms with E-state index in [2.05, 4.69) is 4.90 Å². The summed E-state index contributed by atoms with van der Waals surface area (Å²) in [5, 5.41) is 0. The van der Waals surface area contributed by atoms with Crippen LogP contribution in [0.25, 0.3) is 0 Å². The quantitative estimate of drug-likeness (QED) is 0.872.